The zero-order valence-corrected chi connectivity index (χ0v) is 21.4. The summed E-state index contributed by atoms with van der Waals surface area (Å²) in [4.78, 5) is 40.8. The van der Waals surface area contributed by atoms with E-state index in [1.54, 1.807) is 17.6 Å². The molecule has 1 aliphatic carbocycles. The Kier molecular flexibility index (Phi) is 6.94. The lowest BCUT2D eigenvalue weighted by Crippen LogP contribution is -2.33. The molecule has 1 aliphatic rings. The minimum Gasteiger partial charge on any atom is -0.462 e. The van der Waals surface area contributed by atoms with E-state index in [4.69, 9.17) is 4.74 Å². The molecular formula is C27H32N2O4S. The number of esters is 1. The Morgan fingerprint density at radius 3 is 2.53 bits per heavy atom. The van der Waals surface area contributed by atoms with Crippen molar-refractivity contribution in [3.63, 3.8) is 0 Å². The van der Waals surface area contributed by atoms with Crippen LogP contribution in [0.15, 0.2) is 23.0 Å². The van der Waals surface area contributed by atoms with E-state index in [-0.39, 0.29) is 18.1 Å². The van der Waals surface area contributed by atoms with Crippen LogP contribution in [-0.4, -0.2) is 23.1 Å². The Balaban J connectivity index is 1.79. The predicted molar refractivity (Wildman–Crippen MR) is 137 cm³/mol. The van der Waals surface area contributed by atoms with Crippen molar-refractivity contribution in [1.29, 1.82) is 0 Å². The first-order valence-corrected chi connectivity index (χ1v) is 12.8. The number of thiophene rings is 1. The van der Waals surface area contributed by atoms with E-state index in [1.165, 1.54) is 11.3 Å². The van der Waals surface area contributed by atoms with E-state index in [2.05, 4.69) is 11.4 Å². The monoisotopic (exact) mass is 480 g/mol. The molecule has 2 aromatic heterocycles. The molecule has 0 aliphatic heterocycles. The standard InChI is InChI=1S/C27H32N2O4S/c1-6-20(29-22(30)14-16(4)19-13-15(3)12-17(5)24(19)29)25(31)28-26-23(27(32)33-7-2)18-10-8-9-11-21(18)34-26/h12-14,20H,6-11H2,1-5H3,(H,28,31). The molecule has 0 radical (unpaired) electrons. The van der Waals surface area contributed by atoms with E-state index in [9.17, 15) is 14.4 Å². The predicted octanol–water partition coefficient (Wildman–Crippen LogP) is 5.63. The van der Waals surface area contributed by atoms with Crippen LogP contribution in [0, 0.1) is 20.8 Å². The molecule has 3 aromatic rings. The number of carbonyl (C=O) groups excluding carboxylic acids is 2. The third-order valence-electron chi connectivity index (χ3n) is 6.58. The molecule has 1 unspecified atom stereocenters. The Morgan fingerprint density at radius 2 is 1.82 bits per heavy atom. The number of ether oxygens (including phenoxy) is 1. The van der Waals surface area contributed by atoms with Gasteiger partial charge < -0.3 is 10.1 Å². The fourth-order valence-corrected chi connectivity index (χ4v) is 6.37. The van der Waals surface area contributed by atoms with Crippen LogP contribution >= 0.6 is 11.3 Å². The largest absolute Gasteiger partial charge is 0.462 e. The van der Waals surface area contributed by atoms with Crippen molar-refractivity contribution in [3.8, 4) is 0 Å². The maximum absolute atomic E-state index is 13.6. The van der Waals surface area contributed by atoms with E-state index in [1.807, 2.05) is 33.8 Å². The van der Waals surface area contributed by atoms with Gasteiger partial charge in [0.25, 0.3) is 5.56 Å². The number of amides is 1. The maximum Gasteiger partial charge on any atom is 0.341 e. The van der Waals surface area contributed by atoms with Crippen molar-refractivity contribution in [2.24, 2.45) is 0 Å². The molecule has 1 atom stereocenters. The summed E-state index contributed by atoms with van der Waals surface area (Å²) < 4.78 is 6.94. The van der Waals surface area contributed by atoms with Crippen LogP contribution in [0.25, 0.3) is 10.9 Å². The first-order valence-electron chi connectivity index (χ1n) is 12.0. The number of benzene rings is 1. The Bertz CT molecular complexity index is 1330. The Morgan fingerprint density at radius 1 is 1.09 bits per heavy atom. The first-order chi connectivity index (χ1) is 16.3. The van der Waals surface area contributed by atoms with Crippen molar-refractivity contribution in [2.45, 2.75) is 72.8 Å². The summed E-state index contributed by atoms with van der Waals surface area (Å²) in [7, 11) is 0. The molecule has 0 spiro atoms. The minimum atomic E-state index is -0.703. The van der Waals surface area contributed by atoms with Crippen molar-refractivity contribution >= 4 is 39.1 Å². The van der Waals surface area contributed by atoms with Gasteiger partial charge in [-0.15, -0.1) is 11.3 Å². The summed E-state index contributed by atoms with van der Waals surface area (Å²) in [5, 5.41) is 4.52. The van der Waals surface area contributed by atoms with E-state index >= 15 is 0 Å². The van der Waals surface area contributed by atoms with Gasteiger partial charge in [-0.2, -0.15) is 0 Å². The normalized spacial score (nSPS) is 14.0. The molecular weight excluding hydrogens is 448 g/mol. The van der Waals surface area contributed by atoms with Gasteiger partial charge in [0.05, 0.1) is 17.7 Å². The minimum absolute atomic E-state index is 0.199. The van der Waals surface area contributed by atoms with Crippen LogP contribution in [-0.2, 0) is 22.4 Å². The van der Waals surface area contributed by atoms with E-state index in [0.717, 1.165) is 63.7 Å². The molecule has 0 bridgehead atoms. The molecule has 1 N–H and O–H groups in total. The summed E-state index contributed by atoms with van der Waals surface area (Å²) in [5.41, 5.74) is 5.04. The number of hydrogen-bond acceptors (Lipinski definition) is 5. The number of fused-ring (bicyclic) bond motifs is 2. The number of pyridine rings is 1. The summed E-state index contributed by atoms with van der Waals surface area (Å²) in [5.74, 6) is -0.687. The van der Waals surface area contributed by atoms with Crippen LogP contribution in [0.3, 0.4) is 0 Å². The maximum atomic E-state index is 13.6. The number of carbonyl (C=O) groups is 2. The number of hydrogen-bond donors (Lipinski definition) is 1. The second-order valence-electron chi connectivity index (χ2n) is 9.06. The van der Waals surface area contributed by atoms with Gasteiger partial charge in [-0.25, -0.2) is 4.79 Å². The lowest BCUT2D eigenvalue weighted by Gasteiger charge is -2.22. The van der Waals surface area contributed by atoms with E-state index < -0.39 is 12.0 Å². The summed E-state index contributed by atoms with van der Waals surface area (Å²) in [6.45, 7) is 9.88. The third kappa shape index (κ3) is 4.29. The highest BCUT2D eigenvalue weighted by atomic mass is 32.1. The Hall–Kier alpha value is -2.93. The molecule has 4 rings (SSSR count). The fourth-order valence-electron chi connectivity index (χ4n) is 5.09. The van der Waals surface area contributed by atoms with Crippen LogP contribution < -0.4 is 10.9 Å². The second-order valence-corrected chi connectivity index (χ2v) is 10.2. The number of nitrogens with zero attached hydrogens (tertiary/aromatic N) is 1. The molecule has 180 valence electrons. The molecule has 7 heteroatoms. The number of aromatic nitrogens is 1. The number of rotatable bonds is 6. The first kappa shape index (κ1) is 24.2. The molecule has 0 fully saturated rings. The van der Waals surface area contributed by atoms with Crippen LogP contribution in [0.4, 0.5) is 5.00 Å². The van der Waals surface area contributed by atoms with Crippen LogP contribution in [0.5, 0.6) is 0 Å². The average Bonchev–Trinajstić information content (AvgIpc) is 3.14. The lowest BCUT2D eigenvalue weighted by molar-refractivity contribution is -0.119. The van der Waals surface area contributed by atoms with Gasteiger partial charge in [-0.1, -0.05) is 18.6 Å². The quantitative estimate of drug-likeness (QED) is 0.464. The topological polar surface area (TPSA) is 77.4 Å². The van der Waals surface area contributed by atoms with Gasteiger partial charge in [0.15, 0.2) is 0 Å². The van der Waals surface area contributed by atoms with Crippen LogP contribution in [0.1, 0.15) is 76.6 Å². The highest BCUT2D eigenvalue weighted by Gasteiger charge is 2.30. The smallest absolute Gasteiger partial charge is 0.341 e. The summed E-state index contributed by atoms with van der Waals surface area (Å²) >= 11 is 1.46. The summed E-state index contributed by atoms with van der Waals surface area (Å²) in [6.07, 6.45) is 4.25. The lowest BCUT2D eigenvalue weighted by atomic mass is 9.95. The molecule has 1 aromatic carbocycles. The molecule has 2 heterocycles. The number of nitrogens with one attached hydrogen (secondary N) is 1. The molecule has 1 amide bonds. The van der Waals surface area contributed by atoms with Gasteiger partial charge in [0.2, 0.25) is 5.91 Å². The zero-order valence-electron chi connectivity index (χ0n) is 20.5. The number of aryl methyl sites for hydroxylation is 4. The van der Waals surface area contributed by atoms with Crippen molar-refractivity contribution in [1.82, 2.24) is 4.57 Å². The number of anilines is 1. The molecule has 0 saturated heterocycles. The Labute approximate surface area is 203 Å². The second kappa shape index (κ2) is 9.74. The van der Waals surface area contributed by atoms with Gasteiger partial charge >= 0.3 is 5.97 Å². The van der Waals surface area contributed by atoms with Gasteiger partial charge in [-0.3, -0.25) is 14.2 Å². The molecule has 34 heavy (non-hydrogen) atoms. The average molecular weight is 481 g/mol. The highest BCUT2D eigenvalue weighted by molar-refractivity contribution is 7.17. The highest BCUT2D eigenvalue weighted by Crippen LogP contribution is 2.39. The van der Waals surface area contributed by atoms with Gasteiger partial charge in [0.1, 0.15) is 11.0 Å². The zero-order chi connectivity index (χ0) is 24.6. The van der Waals surface area contributed by atoms with Gasteiger partial charge in [0, 0.05) is 16.3 Å². The van der Waals surface area contributed by atoms with Crippen LogP contribution in [0.2, 0.25) is 0 Å². The molecule has 0 saturated carbocycles. The third-order valence-corrected chi connectivity index (χ3v) is 7.78. The van der Waals surface area contributed by atoms with Crippen molar-refractivity contribution in [2.75, 3.05) is 11.9 Å². The van der Waals surface area contributed by atoms with Crippen molar-refractivity contribution < 1.29 is 14.3 Å². The van der Waals surface area contributed by atoms with E-state index in [0.29, 0.717) is 17.0 Å². The SMILES string of the molecule is CCOC(=O)c1c(NC(=O)C(CC)n2c(=O)cc(C)c3cc(C)cc(C)c32)sc2c1CCCC2. The van der Waals surface area contributed by atoms with Gasteiger partial charge in [-0.05, 0) is 82.6 Å². The summed E-state index contributed by atoms with van der Waals surface area (Å²) in [6, 6.07) is 5.00. The fraction of sp³-hybridized carbons (Fsp3) is 0.444. The van der Waals surface area contributed by atoms with Crippen molar-refractivity contribution in [3.05, 3.63) is 61.2 Å². The molecule has 6 nitrogen and oxygen atoms in total.